The molecule has 140 valence electrons. The molecular formula is C19H16Br2N2O3S. The maximum atomic E-state index is 12.3. The fraction of sp³-hybridized carbons (Fsp3) is 0.158. The zero-order valence-corrected chi connectivity index (χ0v) is 18.8. The number of benzene rings is 2. The third kappa shape index (κ3) is 4.39. The van der Waals surface area contributed by atoms with Crippen LogP contribution < -0.4 is 10.1 Å². The molecule has 27 heavy (non-hydrogen) atoms. The summed E-state index contributed by atoms with van der Waals surface area (Å²) in [7, 11) is 1.47. The molecule has 0 aromatic heterocycles. The van der Waals surface area contributed by atoms with Crippen molar-refractivity contribution < 1.29 is 14.6 Å². The second-order valence-corrected chi connectivity index (χ2v) is 8.66. The average molecular weight is 512 g/mol. The van der Waals surface area contributed by atoms with Crippen LogP contribution in [0.25, 0.3) is 6.08 Å². The van der Waals surface area contributed by atoms with Crippen molar-refractivity contribution in [1.82, 2.24) is 5.32 Å². The quantitative estimate of drug-likeness (QED) is 0.538. The number of thioether (sulfide) groups is 1. The van der Waals surface area contributed by atoms with Crippen molar-refractivity contribution in [2.45, 2.75) is 13.8 Å². The number of hydrogen-bond donors (Lipinski definition) is 2. The first kappa shape index (κ1) is 20.0. The van der Waals surface area contributed by atoms with Crippen LogP contribution in [0.4, 0.5) is 5.69 Å². The molecule has 3 rings (SSSR count). The van der Waals surface area contributed by atoms with E-state index in [1.165, 1.54) is 18.9 Å². The molecule has 2 N–H and O–H groups in total. The Kier molecular flexibility index (Phi) is 5.98. The lowest BCUT2D eigenvalue weighted by atomic mass is 10.1. The average Bonchev–Trinajstić information content (AvgIpc) is 2.94. The van der Waals surface area contributed by atoms with E-state index in [2.05, 4.69) is 42.2 Å². The minimum Gasteiger partial charge on any atom is -0.504 e. The van der Waals surface area contributed by atoms with Crippen molar-refractivity contribution in [3.63, 3.8) is 0 Å². The molecular weight excluding hydrogens is 496 g/mol. The molecule has 0 unspecified atom stereocenters. The number of ether oxygens (including phenoxy) is 1. The highest BCUT2D eigenvalue weighted by Crippen LogP contribution is 2.37. The van der Waals surface area contributed by atoms with Gasteiger partial charge in [0.25, 0.3) is 5.91 Å². The molecule has 0 bridgehead atoms. The molecule has 0 spiro atoms. The first-order valence-corrected chi connectivity index (χ1v) is 10.3. The van der Waals surface area contributed by atoms with Crippen LogP contribution in [-0.2, 0) is 4.79 Å². The summed E-state index contributed by atoms with van der Waals surface area (Å²) < 4.78 is 6.93. The van der Waals surface area contributed by atoms with Crippen LogP contribution in [0.15, 0.2) is 43.1 Å². The first-order chi connectivity index (χ1) is 12.8. The van der Waals surface area contributed by atoms with Gasteiger partial charge in [-0.15, -0.1) is 0 Å². The smallest absolute Gasteiger partial charge is 0.264 e. The Bertz CT molecular complexity index is 980. The molecule has 1 aliphatic rings. The minimum absolute atomic E-state index is 0.0221. The Labute approximate surface area is 178 Å². The van der Waals surface area contributed by atoms with Crippen LogP contribution in [0.3, 0.4) is 0 Å². The van der Waals surface area contributed by atoms with Gasteiger partial charge >= 0.3 is 0 Å². The molecule has 1 heterocycles. The fourth-order valence-electron chi connectivity index (χ4n) is 2.59. The Morgan fingerprint density at radius 2 is 1.85 bits per heavy atom. The van der Waals surface area contributed by atoms with E-state index in [4.69, 9.17) is 4.74 Å². The summed E-state index contributed by atoms with van der Waals surface area (Å²) >= 11 is 8.13. The number of hydrogen-bond acceptors (Lipinski definition) is 5. The van der Waals surface area contributed by atoms with Crippen LogP contribution in [0.5, 0.6) is 11.5 Å². The van der Waals surface area contributed by atoms with Crippen molar-refractivity contribution in [3.8, 4) is 11.5 Å². The summed E-state index contributed by atoms with van der Waals surface area (Å²) in [4.78, 5) is 17.3. The normalized spacial score (nSPS) is 16.9. The molecule has 0 atom stereocenters. The summed E-state index contributed by atoms with van der Waals surface area (Å²) in [5.74, 6) is 0.0446. The second kappa shape index (κ2) is 8.08. The van der Waals surface area contributed by atoms with E-state index in [0.717, 1.165) is 25.8 Å². The summed E-state index contributed by atoms with van der Waals surface area (Å²) in [5, 5.41) is 13.5. The number of phenols is 1. The van der Waals surface area contributed by atoms with Crippen molar-refractivity contribution in [3.05, 3.63) is 54.8 Å². The Balaban J connectivity index is 1.92. The van der Waals surface area contributed by atoms with Gasteiger partial charge in [0.1, 0.15) is 0 Å². The Morgan fingerprint density at radius 1 is 1.19 bits per heavy atom. The number of nitrogens with one attached hydrogen (secondary N) is 1. The van der Waals surface area contributed by atoms with Gasteiger partial charge in [0.2, 0.25) is 0 Å². The van der Waals surface area contributed by atoms with Gasteiger partial charge in [-0.3, -0.25) is 4.79 Å². The first-order valence-electron chi connectivity index (χ1n) is 7.91. The van der Waals surface area contributed by atoms with Gasteiger partial charge < -0.3 is 15.2 Å². The van der Waals surface area contributed by atoms with Gasteiger partial charge in [-0.05, 0) is 67.1 Å². The highest BCUT2D eigenvalue weighted by Gasteiger charge is 2.24. The zero-order chi connectivity index (χ0) is 19.7. The van der Waals surface area contributed by atoms with Crippen LogP contribution in [0.2, 0.25) is 0 Å². The van der Waals surface area contributed by atoms with Gasteiger partial charge in [-0.25, -0.2) is 4.99 Å². The van der Waals surface area contributed by atoms with E-state index in [9.17, 15) is 9.90 Å². The lowest BCUT2D eigenvalue weighted by Gasteiger charge is -2.07. The number of aromatic hydroxyl groups is 1. The molecule has 1 aliphatic heterocycles. The molecule has 1 amide bonds. The molecule has 1 fully saturated rings. The summed E-state index contributed by atoms with van der Waals surface area (Å²) in [6.45, 7) is 3.99. The molecule has 0 radical (unpaired) electrons. The number of carbonyl (C=O) groups excluding carboxylic acids is 1. The number of methoxy groups -OCH3 is 1. The van der Waals surface area contributed by atoms with E-state index in [0.29, 0.717) is 21.4 Å². The zero-order valence-electron chi connectivity index (χ0n) is 14.8. The maximum absolute atomic E-state index is 12.3. The number of nitrogens with zero attached hydrogens (tertiary/aromatic N) is 1. The van der Waals surface area contributed by atoms with E-state index in [-0.39, 0.29) is 11.7 Å². The van der Waals surface area contributed by atoms with Crippen molar-refractivity contribution in [1.29, 1.82) is 0 Å². The number of carbonyl (C=O) groups is 1. The van der Waals surface area contributed by atoms with Crippen molar-refractivity contribution in [2.75, 3.05) is 7.11 Å². The fourth-order valence-corrected chi connectivity index (χ4v) is 4.10. The largest absolute Gasteiger partial charge is 0.504 e. The minimum atomic E-state index is -0.261. The van der Waals surface area contributed by atoms with Crippen LogP contribution in [-0.4, -0.2) is 23.3 Å². The molecule has 2 aromatic carbocycles. The number of phenolic OH excluding ortho intramolecular Hbond substituents is 1. The van der Waals surface area contributed by atoms with E-state index < -0.39 is 0 Å². The van der Waals surface area contributed by atoms with Crippen LogP contribution in [0.1, 0.15) is 16.7 Å². The van der Waals surface area contributed by atoms with Gasteiger partial charge in [-0.1, -0.05) is 31.9 Å². The number of halogens is 2. The Hall–Kier alpha value is -1.77. The molecule has 8 heteroatoms. The summed E-state index contributed by atoms with van der Waals surface area (Å²) in [6.07, 6.45) is 1.61. The highest BCUT2D eigenvalue weighted by molar-refractivity contribution is 9.10. The SMILES string of the molecule is COc1cc(Br)cc(/C=C2\SC(=Nc3cc(C)c(Br)c(C)c3)NC2=O)c1O. The number of aliphatic imine (C=N–C) groups is 1. The summed E-state index contributed by atoms with van der Waals surface area (Å²) in [6, 6.07) is 7.27. The molecule has 5 nitrogen and oxygen atoms in total. The van der Waals surface area contributed by atoms with E-state index in [1.54, 1.807) is 18.2 Å². The number of rotatable bonds is 3. The number of amides is 1. The van der Waals surface area contributed by atoms with Crippen molar-refractivity contribution >= 4 is 66.5 Å². The van der Waals surface area contributed by atoms with Gasteiger partial charge in [-0.2, -0.15) is 0 Å². The van der Waals surface area contributed by atoms with Gasteiger partial charge in [0, 0.05) is 14.5 Å². The van der Waals surface area contributed by atoms with E-state index >= 15 is 0 Å². The molecule has 0 saturated carbocycles. The van der Waals surface area contributed by atoms with Crippen LogP contribution in [0, 0.1) is 13.8 Å². The topological polar surface area (TPSA) is 70.9 Å². The summed E-state index contributed by atoms with van der Waals surface area (Å²) in [5.41, 5.74) is 3.40. The number of amidine groups is 1. The van der Waals surface area contributed by atoms with Gasteiger partial charge in [0.15, 0.2) is 16.7 Å². The third-order valence-corrected chi connectivity index (χ3v) is 6.50. The van der Waals surface area contributed by atoms with E-state index in [1.807, 2.05) is 26.0 Å². The monoisotopic (exact) mass is 510 g/mol. The number of aryl methyl sites for hydroxylation is 2. The lowest BCUT2D eigenvalue weighted by Crippen LogP contribution is -2.19. The second-order valence-electron chi connectivity index (χ2n) is 5.92. The predicted molar refractivity (Wildman–Crippen MR) is 117 cm³/mol. The molecule has 2 aromatic rings. The molecule has 0 aliphatic carbocycles. The maximum Gasteiger partial charge on any atom is 0.264 e. The van der Waals surface area contributed by atoms with Crippen molar-refractivity contribution in [2.24, 2.45) is 4.99 Å². The Morgan fingerprint density at radius 3 is 2.48 bits per heavy atom. The molecule has 1 saturated heterocycles. The lowest BCUT2D eigenvalue weighted by molar-refractivity contribution is -0.115. The third-order valence-electron chi connectivity index (χ3n) is 3.88. The van der Waals surface area contributed by atoms with Crippen LogP contribution >= 0.6 is 43.6 Å². The predicted octanol–water partition coefficient (Wildman–Crippen LogP) is 5.43. The standard InChI is InChI=1S/C19H16Br2N2O3S/c1-9-4-13(5-10(2)16(9)21)22-19-23-18(25)15(27-19)7-11-6-12(20)8-14(26-3)17(11)24/h4-8,24H,1-3H3,(H,22,23,25)/b15-7-. The van der Waals surface area contributed by atoms with Gasteiger partial charge in [0.05, 0.1) is 17.7 Å². The highest BCUT2D eigenvalue weighted by atomic mass is 79.9.